The quantitative estimate of drug-likeness (QED) is 0.125. The highest BCUT2D eigenvalue weighted by Crippen LogP contribution is 2.15. The summed E-state index contributed by atoms with van der Waals surface area (Å²) in [5, 5.41) is 2.69. The average Bonchev–Trinajstić information content (AvgIpc) is 3.13. The van der Waals surface area contributed by atoms with Crippen molar-refractivity contribution in [3.05, 3.63) is 12.2 Å². The number of hydrogen-bond acceptors (Lipinski definition) is 6. The van der Waals surface area contributed by atoms with Gasteiger partial charge in [-0.15, -0.1) is 0 Å². The van der Waals surface area contributed by atoms with Gasteiger partial charge in [-0.1, -0.05) is 57.6 Å². The molecule has 0 saturated carbocycles. The van der Waals surface area contributed by atoms with Gasteiger partial charge in [-0.25, -0.2) is 9.59 Å². The number of urea groups is 1. The van der Waals surface area contributed by atoms with E-state index in [1.807, 2.05) is 6.08 Å². The van der Waals surface area contributed by atoms with Gasteiger partial charge in [-0.2, -0.15) is 4.89 Å². The molecule has 1 heterocycles. The van der Waals surface area contributed by atoms with Crippen LogP contribution in [0.25, 0.3) is 0 Å². The van der Waals surface area contributed by atoms with Crippen LogP contribution in [0.1, 0.15) is 71.1 Å². The summed E-state index contributed by atoms with van der Waals surface area (Å²) in [6, 6.07) is -0.153. The lowest BCUT2D eigenvalue weighted by molar-refractivity contribution is -0.255. The molecule has 0 spiro atoms. The maximum Gasteiger partial charge on any atom is 0.343 e. The van der Waals surface area contributed by atoms with Crippen LogP contribution in [0.5, 0.6) is 0 Å². The lowest BCUT2D eigenvalue weighted by atomic mass is 10.0. The van der Waals surface area contributed by atoms with Gasteiger partial charge in [0.15, 0.2) is 0 Å². The fourth-order valence-corrected chi connectivity index (χ4v) is 3.29. The molecule has 1 rings (SSSR count). The first kappa shape index (κ1) is 25.9. The van der Waals surface area contributed by atoms with Crippen molar-refractivity contribution < 1.29 is 28.9 Å². The van der Waals surface area contributed by atoms with E-state index in [4.69, 9.17) is 4.74 Å². The number of nitrogens with one attached hydrogen (secondary N) is 1. The average molecular weight is 427 g/mol. The Hall–Kier alpha value is -2.09. The molecule has 2 amide bonds. The Morgan fingerprint density at radius 3 is 2.53 bits per heavy atom. The summed E-state index contributed by atoms with van der Waals surface area (Å²) in [5.41, 5.74) is 0. The standard InChI is InChI=1S/C22H38N2O6/c1-3-4-5-6-7-8-9-10-11-12-13-19(18-20(25)30-28-2)21(26)29-17-16-24-15-14-23-22(24)27/h11-12,19H,3-10,13-18H2,1-2H3,(H,23,27)/b12-11+. The summed E-state index contributed by atoms with van der Waals surface area (Å²) in [4.78, 5) is 46.1. The second-order valence-electron chi connectivity index (χ2n) is 7.53. The summed E-state index contributed by atoms with van der Waals surface area (Å²) in [7, 11) is 1.24. The highest BCUT2D eigenvalue weighted by atomic mass is 17.2. The van der Waals surface area contributed by atoms with Crippen LogP contribution in [0.15, 0.2) is 12.2 Å². The van der Waals surface area contributed by atoms with Gasteiger partial charge in [0.05, 0.1) is 26.0 Å². The van der Waals surface area contributed by atoms with Gasteiger partial charge in [0.25, 0.3) is 0 Å². The number of unbranched alkanes of at least 4 members (excludes halogenated alkanes) is 7. The third kappa shape index (κ3) is 11.8. The molecule has 0 aromatic heterocycles. The van der Waals surface area contributed by atoms with Crippen LogP contribution >= 0.6 is 0 Å². The van der Waals surface area contributed by atoms with Gasteiger partial charge >= 0.3 is 18.0 Å². The van der Waals surface area contributed by atoms with Crippen molar-refractivity contribution in [3.8, 4) is 0 Å². The van der Waals surface area contributed by atoms with Gasteiger partial charge in [0.1, 0.15) is 6.61 Å². The van der Waals surface area contributed by atoms with Crippen molar-refractivity contribution in [2.45, 2.75) is 71.1 Å². The molecule has 172 valence electrons. The topological polar surface area (TPSA) is 94.2 Å². The van der Waals surface area contributed by atoms with E-state index in [-0.39, 0.29) is 19.1 Å². The Balaban J connectivity index is 2.32. The first-order chi connectivity index (χ1) is 14.6. The van der Waals surface area contributed by atoms with Gasteiger partial charge in [0.2, 0.25) is 0 Å². The summed E-state index contributed by atoms with van der Waals surface area (Å²) in [6.07, 6.45) is 14.0. The fourth-order valence-electron chi connectivity index (χ4n) is 3.29. The van der Waals surface area contributed by atoms with E-state index < -0.39 is 17.9 Å². The summed E-state index contributed by atoms with van der Waals surface area (Å²) in [5.74, 6) is -1.72. The maximum atomic E-state index is 12.4. The van der Waals surface area contributed by atoms with E-state index in [0.717, 1.165) is 12.8 Å². The summed E-state index contributed by atoms with van der Waals surface area (Å²) >= 11 is 0. The number of carbonyl (C=O) groups is 3. The molecule has 1 unspecified atom stereocenters. The molecule has 0 aromatic carbocycles. The van der Waals surface area contributed by atoms with Gasteiger partial charge in [-0.3, -0.25) is 9.68 Å². The van der Waals surface area contributed by atoms with Crippen molar-refractivity contribution >= 4 is 18.0 Å². The fraction of sp³-hybridized carbons (Fsp3) is 0.773. The van der Waals surface area contributed by atoms with Crippen molar-refractivity contribution in [1.82, 2.24) is 10.2 Å². The van der Waals surface area contributed by atoms with Gasteiger partial charge < -0.3 is 15.0 Å². The Bertz CT molecular complexity index is 538. The number of ether oxygens (including phenoxy) is 1. The Morgan fingerprint density at radius 2 is 1.87 bits per heavy atom. The van der Waals surface area contributed by atoms with Crippen molar-refractivity contribution in [1.29, 1.82) is 0 Å². The van der Waals surface area contributed by atoms with Crippen LogP contribution in [0.3, 0.4) is 0 Å². The third-order valence-corrected chi connectivity index (χ3v) is 5.03. The normalized spacial score (nSPS) is 14.7. The van der Waals surface area contributed by atoms with Crippen LogP contribution in [0, 0.1) is 5.92 Å². The zero-order valence-corrected chi connectivity index (χ0v) is 18.5. The molecular formula is C22H38N2O6. The van der Waals surface area contributed by atoms with Crippen LogP contribution in [-0.2, 0) is 24.1 Å². The second-order valence-corrected chi connectivity index (χ2v) is 7.53. The van der Waals surface area contributed by atoms with Crippen LogP contribution in [0.2, 0.25) is 0 Å². The van der Waals surface area contributed by atoms with E-state index in [9.17, 15) is 14.4 Å². The van der Waals surface area contributed by atoms with Crippen molar-refractivity contribution in [3.63, 3.8) is 0 Å². The number of hydrogen-bond donors (Lipinski definition) is 1. The molecule has 8 heteroatoms. The van der Waals surface area contributed by atoms with Crippen molar-refractivity contribution in [2.24, 2.45) is 5.92 Å². The molecule has 1 N–H and O–H groups in total. The molecule has 1 saturated heterocycles. The number of rotatable bonds is 17. The van der Waals surface area contributed by atoms with Gasteiger partial charge in [-0.05, 0) is 19.3 Å². The largest absolute Gasteiger partial charge is 0.464 e. The highest BCUT2D eigenvalue weighted by Gasteiger charge is 2.25. The van der Waals surface area contributed by atoms with Crippen LogP contribution in [0.4, 0.5) is 4.79 Å². The first-order valence-corrected chi connectivity index (χ1v) is 11.2. The Morgan fingerprint density at radius 1 is 1.13 bits per heavy atom. The van der Waals surface area contributed by atoms with E-state index in [1.54, 1.807) is 4.90 Å². The summed E-state index contributed by atoms with van der Waals surface area (Å²) in [6.45, 7) is 3.85. The minimum atomic E-state index is -0.634. The molecule has 0 aromatic rings. The van der Waals surface area contributed by atoms with Crippen LogP contribution in [-0.4, -0.2) is 56.2 Å². The molecular weight excluding hydrogens is 388 g/mol. The van der Waals surface area contributed by atoms with Gasteiger partial charge in [0, 0.05) is 13.1 Å². The zero-order valence-electron chi connectivity index (χ0n) is 18.5. The minimum Gasteiger partial charge on any atom is -0.464 e. The molecule has 30 heavy (non-hydrogen) atoms. The predicted octanol–water partition coefficient (Wildman–Crippen LogP) is 3.75. The molecule has 1 aliphatic rings. The van der Waals surface area contributed by atoms with E-state index >= 15 is 0 Å². The molecule has 1 aliphatic heterocycles. The third-order valence-electron chi connectivity index (χ3n) is 5.03. The number of allylic oxidation sites excluding steroid dienone is 2. The molecule has 1 atom stereocenters. The SMILES string of the molecule is CCCCCCCCC/C=C/CC(CC(=O)OOC)C(=O)OCCN1CCNC1=O. The van der Waals surface area contributed by atoms with E-state index in [0.29, 0.717) is 26.1 Å². The number of carbonyl (C=O) groups excluding carboxylic acids is 3. The van der Waals surface area contributed by atoms with E-state index in [2.05, 4.69) is 28.1 Å². The molecule has 0 aliphatic carbocycles. The van der Waals surface area contributed by atoms with Crippen LogP contribution < -0.4 is 5.32 Å². The maximum absolute atomic E-state index is 12.4. The van der Waals surface area contributed by atoms with Crippen molar-refractivity contribution in [2.75, 3.05) is 33.4 Å². The number of nitrogens with zero attached hydrogens (tertiary/aromatic N) is 1. The minimum absolute atomic E-state index is 0.101. The molecule has 0 radical (unpaired) electrons. The second kappa shape index (κ2) is 16.7. The predicted molar refractivity (Wildman–Crippen MR) is 114 cm³/mol. The first-order valence-electron chi connectivity index (χ1n) is 11.2. The molecule has 1 fully saturated rings. The Labute approximate surface area is 180 Å². The molecule has 8 nitrogen and oxygen atoms in total. The number of esters is 1. The molecule has 0 bridgehead atoms. The van der Waals surface area contributed by atoms with E-state index in [1.165, 1.54) is 45.6 Å². The monoisotopic (exact) mass is 426 g/mol. The smallest absolute Gasteiger partial charge is 0.343 e. The number of amides is 2. The zero-order chi connectivity index (χ0) is 22.0. The Kier molecular flexibility index (Phi) is 14.4. The summed E-state index contributed by atoms with van der Waals surface area (Å²) < 4.78 is 5.29. The highest BCUT2D eigenvalue weighted by molar-refractivity contribution is 5.80. The lowest BCUT2D eigenvalue weighted by Crippen LogP contribution is -2.32. The lowest BCUT2D eigenvalue weighted by Gasteiger charge is -2.16.